The number of hydrogen-bond donors (Lipinski definition) is 1. The summed E-state index contributed by atoms with van der Waals surface area (Å²) in [6.07, 6.45) is 4.07. The minimum atomic E-state index is 0.358. The molecule has 3 aliphatic rings. The number of hydrogen-bond acceptors (Lipinski definition) is 2. The molecule has 1 aromatic carbocycles. The highest BCUT2D eigenvalue weighted by molar-refractivity contribution is 5.42. The van der Waals surface area contributed by atoms with Gasteiger partial charge in [-0.15, -0.1) is 0 Å². The number of ether oxygens (including phenoxy) is 1. The Balaban J connectivity index is 1.55. The van der Waals surface area contributed by atoms with E-state index in [1.165, 1.54) is 31.4 Å². The highest BCUT2D eigenvalue weighted by Gasteiger charge is 2.57. The predicted molar refractivity (Wildman–Crippen MR) is 66.9 cm³/mol. The Bertz CT molecular complexity index is 440. The molecule has 2 unspecified atom stereocenters. The minimum absolute atomic E-state index is 0.358. The molecule has 0 amide bonds. The van der Waals surface area contributed by atoms with E-state index in [0.29, 0.717) is 5.41 Å². The van der Waals surface area contributed by atoms with Gasteiger partial charge in [-0.05, 0) is 42.9 Å². The summed E-state index contributed by atoms with van der Waals surface area (Å²) in [6, 6.07) is 9.67. The molecule has 2 saturated carbocycles. The van der Waals surface area contributed by atoms with Crippen molar-refractivity contribution in [3.63, 3.8) is 0 Å². The first kappa shape index (κ1) is 10.1. The molecule has 1 N–H and O–H groups in total. The van der Waals surface area contributed by atoms with Crippen LogP contribution in [0.2, 0.25) is 0 Å². The van der Waals surface area contributed by atoms with Gasteiger partial charge < -0.3 is 10.1 Å². The number of benzene rings is 1. The molecule has 2 atom stereocenters. The van der Waals surface area contributed by atoms with E-state index in [2.05, 4.69) is 29.6 Å². The number of nitrogens with one attached hydrogen (secondary N) is 1. The van der Waals surface area contributed by atoms with Gasteiger partial charge in [-0.1, -0.05) is 24.3 Å². The first-order valence-electron chi connectivity index (χ1n) is 6.78. The van der Waals surface area contributed by atoms with Crippen molar-refractivity contribution in [2.24, 2.45) is 5.92 Å². The highest BCUT2D eigenvalue weighted by Crippen LogP contribution is 2.56. The van der Waals surface area contributed by atoms with Crippen molar-refractivity contribution in [2.75, 3.05) is 13.2 Å². The Morgan fingerprint density at radius 1 is 1.29 bits per heavy atom. The van der Waals surface area contributed by atoms with E-state index in [1.807, 2.05) is 0 Å². The van der Waals surface area contributed by atoms with Crippen molar-refractivity contribution in [3.8, 4) is 0 Å². The Hall–Kier alpha value is -0.860. The second-order valence-electron chi connectivity index (χ2n) is 5.89. The van der Waals surface area contributed by atoms with Crippen LogP contribution in [0.15, 0.2) is 24.3 Å². The molecular formula is C15H19NO. The lowest BCUT2D eigenvalue weighted by molar-refractivity contribution is 0.0790. The zero-order valence-electron chi connectivity index (χ0n) is 10.1. The molecule has 2 fully saturated rings. The van der Waals surface area contributed by atoms with E-state index in [-0.39, 0.29) is 0 Å². The summed E-state index contributed by atoms with van der Waals surface area (Å²) < 4.78 is 5.80. The van der Waals surface area contributed by atoms with Crippen molar-refractivity contribution in [1.82, 2.24) is 5.32 Å². The Kier molecular flexibility index (Phi) is 2.12. The zero-order valence-corrected chi connectivity index (χ0v) is 10.1. The molecule has 2 nitrogen and oxygen atoms in total. The molecule has 1 aliphatic heterocycles. The van der Waals surface area contributed by atoms with Crippen molar-refractivity contribution in [3.05, 3.63) is 35.4 Å². The second-order valence-corrected chi connectivity index (χ2v) is 5.89. The monoisotopic (exact) mass is 229 g/mol. The van der Waals surface area contributed by atoms with Gasteiger partial charge in [0.1, 0.15) is 0 Å². The summed E-state index contributed by atoms with van der Waals surface area (Å²) in [7, 11) is 0. The average Bonchev–Trinajstić information content (AvgIpc) is 3.24. The molecule has 1 heterocycles. The molecule has 2 heteroatoms. The molecule has 0 bridgehead atoms. The Morgan fingerprint density at radius 3 is 3.06 bits per heavy atom. The molecule has 1 spiro atoms. The van der Waals surface area contributed by atoms with Gasteiger partial charge in [-0.25, -0.2) is 0 Å². The standard InChI is InChI=1S/C15H19NO/c1-2-4-14-11(3-1)9-17-10-15(14)7-12(15)8-16-13-5-6-13/h1-4,12-13,16H,5-10H2. The van der Waals surface area contributed by atoms with Gasteiger partial charge in [-0.3, -0.25) is 0 Å². The summed E-state index contributed by atoms with van der Waals surface area (Å²) >= 11 is 0. The van der Waals surface area contributed by atoms with Crippen LogP contribution in [-0.2, 0) is 16.8 Å². The van der Waals surface area contributed by atoms with Crippen molar-refractivity contribution < 1.29 is 4.74 Å². The molecule has 2 aliphatic carbocycles. The number of rotatable bonds is 3. The highest BCUT2D eigenvalue weighted by atomic mass is 16.5. The third-order valence-electron chi connectivity index (χ3n) is 4.63. The lowest BCUT2D eigenvalue weighted by Crippen LogP contribution is -2.29. The largest absolute Gasteiger partial charge is 0.376 e. The summed E-state index contributed by atoms with van der Waals surface area (Å²) in [4.78, 5) is 0. The van der Waals surface area contributed by atoms with Gasteiger partial charge in [0.25, 0.3) is 0 Å². The van der Waals surface area contributed by atoms with Gasteiger partial charge >= 0.3 is 0 Å². The minimum Gasteiger partial charge on any atom is -0.376 e. The van der Waals surface area contributed by atoms with Gasteiger partial charge in [-0.2, -0.15) is 0 Å². The van der Waals surface area contributed by atoms with E-state index in [0.717, 1.165) is 25.2 Å². The molecule has 1 aromatic rings. The van der Waals surface area contributed by atoms with Crippen LogP contribution in [0.4, 0.5) is 0 Å². The first-order valence-corrected chi connectivity index (χ1v) is 6.78. The van der Waals surface area contributed by atoms with Crippen molar-refractivity contribution >= 4 is 0 Å². The van der Waals surface area contributed by atoms with Crippen LogP contribution in [-0.4, -0.2) is 19.2 Å². The SMILES string of the molecule is c1ccc2c(c1)COCC21CC1CNC1CC1. The molecule has 4 rings (SSSR count). The maximum absolute atomic E-state index is 5.80. The molecular weight excluding hydrogens is 210 g/mol. The average molecular weight is 229 g/mol. The maximum atomic E-state index is 5.80. The van der Waals surface area contributed by atoms with Gasteiger partial charge in [0, 0.05) is 11.5 Å². The van der Waals surface area contributed by atoms with E-state index in [1.54, 1.807) is 5.56 Å². The fourth-order valence-corrected chi connectivity index (χ4v) is 3.30. The summed E-state index contributed by atoms with van der Waals surface area (Å²) in [6.45, 7) is 2.92. The van der Waals surface area contributed by atoms with Crippen LogP contribution >= 0.6 is 0 Å². The molecule has 0 saturated heterocycles. The fraction of sp³-hybridized carbons (Fsp3) is 0.600. The molecule has 0 radical (unpaired) electrons. The van der Waals surface area contributed by atoms with Crippen LogP contribution in [0.5, 0.6) is 0 Å². The molecule has 17 heavy (non-hydrogen) atoms. The Morgan fingerprint density at radius 2 is 2.18 bits per heavy atom. The smallest absolute Gasteiger partial charge is 0.0720 e. The van der Waals surface area contributed by atoms with E-state index >= 15 is 0 Å². The lowest BCUT2D eigenvalue weighted by atomic mass is 9.88. The second kappa shape index (κ2) is 3.56. The normalized spacial score (nSPS) is 34.7. The third kappa shape index (κ3) is 1.62. The van der Waals surface area contributed by atoms with E-state index in [4.69, 9.17) is 4.74 Å². The Labute approximate surface area is 102 Å². The topological polar surface area (TPSA) is 21.3 Å². The van der Waals surface area contributed by atoms with Gasteiger partial charge in [0.2, 0.25) is 0 Å². The van der Waals surface area contributed by atoms with Crippen LogP contribution in [0.3, 0.4) is 0 Å². The van der Waals surface area contributed by atoms with Gasteiger partial charge in [0.15, 0.2) is 0 Å². The quantitative estimate of drug-likeness (QED) is 0.858. The van der Waals surface area contributed by atoms with Crippen LogP contribution < -0.4 is 5.32 Å². The van der Waals surface area contributed by atoms with E-state index < -0.39 is 0 Å². The fourth-order valence-electron chi connectivity index (χ4n) is 3.30. The number of fused-ring (bicyclic) bond motifs is 2. The third-order valence-corrected chi connectivity index (χ3v) is 4.63. The first-order chi connectivity index (χ1) is 8.38. The predicted octanol–water partition coefficient (Wildman–Crippen LogP) is 2.23. The molecule has 0 aromatic heterocycles. The summed E-state index contributed by atoms with van der Waals surface area (Å²) in [5.74, 6) is 0.796. The molecule has 90 valence electrons. The van der Waals surface area contributed by atoms with Crippen LogP contribution in [0.1, 0.15) is 30.4 Å². The van der Waals surface area contributed by atoms with Crippen molar-refractivity contribution in [2.45, 2.75) is 37.3 Å². The van der Waals surface area contributed by atoms with Crippen molar-refractivity contribution in [1.29, 1.82) is 0 Å². The van der Waals surface area contributed by atoms with Crippen LogP contribution in [0, 0.1) is 5.92 Å². The maximum Gasteiger partial charge on any atom is 0.0720 e. The lowest BCUT2D eigenvalue weighted by Gasteiger charge is -2.27. The summed E-state index contributed by atoms with van der Waals surface area (Å²) in [5.41, 5.74) is 3.33. The summed E-state index contributed by atoms with van der Waals surface area (Å²) in [5, 5.41) is 3.67. The van der Waals surface area contributed by atoms with Gasteiger partial charge in [0.05, 0.1) is 13.2 Å². The van der Waals surface area contributed by atoms with Crippen LogP contribution in [0.25, 0.3) is 0 Å². The van der Waals surface area contributed by atoms with E-state index in [9.17, 15) is 0 Å². The zero-order chi connectivity index (χ0) is 11.3.